The number of rotatable bonds is 5. The summed E-state index contributed by atoms with van der Waals surface area (Å²) in [5, 5.41) is 22.3. The number of hydrogen-bond donors (Lipinski definition) is 3. The third kappa shape index (κ3) is 3.47. The van der Waals surface area contributed by atoms with Gasteiger partial charge in [-0.3, -0.25) is 4.79 Å². The van der Waals surface area contributed by atoms with E-state index in [0.717, 1.165) is 0 Å². The maximum Gasteiger partial charge on any atom is 0.271 e. The molecule has 1 heterocycles. The Bertz CT molecular complexity index is 339. The molecular formula is C10H16N4O2. The lowest BCUT2D eigenvalue weighted by molar-refractivity contribution is 0.0957. The van der Waals surface area contributed by atoms with Crippen LogP contribution in [0.15, 0.2) is 12.1 Å². The van der Waals surface area contributed by atoms with Gasteiger partial charge in [0, 0.05) is 13.6 Å². The van der Waals surface area contributed by atoms with Gasteiger partial charge in [0.15, 0.2) is 5.69 Å². The summed E-state index contributed by atoms with van der Waals surface area (Å²) in [4.78, 5) is 11.2. The van der Waals surface area contributed by atoms with Gasteiger partial charge in [-0.05, 0) is 18.6 Å². The van der Waals surface area contributed by atoms with E-state index in [9.17, 15) is 9.90 Å². The zero-order valence-electron chi connectivity index (χ0n) is 9.40. The second kappa shape index (κ2) is 6.02. The molecule has 0 aliphatic carbocycles. The minimum absolute atomic E-state index is 0.268. The van der Waals surface area contributed by atoms with Gasteiger partial charge in [0.25, 0.3) is 5.91 Å². The number of hydrogen-bond acceptors (Lipinski definition) is 5. The molecule has 1 atom stereocenters. The molecule has 0 spiro atoms. The molecule has 0 saturated heterocycles. The monoisotopic (exact) mass is 224 g/mol. The Hall–Kier alpha value is -1.69. The van der Waals surface area contributed by atoms with Crippen LogP contribution < -0.4 is 10.6 Å². The summed E-state index contributed by atoms with van der Waals surface area (Å²) in [7, 11) is 1.54. The minimum atomic E-state index is -0.402. The number of nitrogens with zero attached hydrogens (tertiary/aromatic N) is 2. The number of aliphatic hydroxyl groups is 1. The molecule has 6 nitrogen and oxygen atoms in total. The molecule has 88 valence electrons. The van der Waals surface area contributed by atoms with Gasteiger partial charge < -0.3 is 15.7 Å². The minimum Gasteiger partial charge on any atom is -0.391 e. The molecule has 1 unspecified atom stereocenters. The van der Waals surface area contributed by atoms with E-state index >= 15 is 0 Å². The second-order valence-electron chi connectivity index (χ2n) is 3.33. The Balaban J connectivity index is 2.54. The number of amides is 1. The van der Waals surface area contributed by atoms with E-state index in [1.54, 1.807) is 12.1 Å². The van der Waals surface area contributed by atoms with Crippen molar-refractivity contribution in [3.63, 3.8) is 0 Å². The average molecular weight is 224 g/mol. The number of aromatic nitrogens is 2. The predicted molar refractivity (Wildman–Crippen MR) is 60.2 cm³/mol. The average Bonchev–Trinajstić information content (AvgIpc) is 2.35. The Morgan fingerprint density at radius 2 is 2.25 bits per heavy atom. The van der Waals surface area contributed by atoms with Gasteiger partial charge in [-0.15, -0.1) is 10.2 Å². The van der Waals surface area contributed by atoms with Crippen molar-refractivity contribution in [2.24, 2.45) is 0 Å². The van der Waals surface area contributed by atoms with Gasteiger partial charge in [-0.2, -0.15) is 0 Å². The maximum atomic E-state index is 11.2. The summed E-state index contributed by atoms with van der Waals surface area (Å²) in [6.45, 7) is 2.32. The molecule has 16 heavy (non-hydrogen) atoms. The predicted octanol–water partition coefficient (Wildman–Crippen LogP) is 0.0190. The summed E-state index contributed by atoms with van der Waals surface area (Å²) < 4.78 is 0. The lowest BCUT2D eigenvalue weighted by Gasteiger charge is -2.09. The van der Waals surface area contributed by atoms with E-state index in [0.29, 0.717) is 18.8 Å². The Labute approximate surface area is 94.1 Å². The van der Waals surface area contributed by atoms with Gasteiger partial charge in [0.1, 0.15) is 5.82 Å². The van der Waals surface area contributed by atoms with Crippen molar-refractivity contribution >= 4 is 11.7 Å². The zero-order chi connectivity index (χ0) is 12.0. The first-order valence-electron chi connectivity index (χ1n) is 5.15. The third-order valence-corrected chi connectivity index (χ3v) is 2.11. The quantitative estimate of drug-likeness (QED) is 0.656. The van der Waals surface area contributed by atoms with Crippen LogP contribution in [-0.4, -0.2) is 40.9 Å². The smallest absolute Gasteiger partial charge is 0.271 e. The number of nitrogens with one attached hydrogen (secondary N) is 2. The lowest BCUT2D eigenvalue weighted by Crippen LogP contribution is -2.21. The van der Waals surface area contributed by atoms with Crippen LogP contribution in [0.1, 0.15) is 23.8 Å². The van der Waals surface area contributed by atoms with Crippen molar-refractivity contribution in [3.05, 3.63) is 17.8 Å². The number of aliphatic hydroxyl groups excluding tert-OH is 1. The summed E-state index contributed by atoms with van der Waals surface area (Å²) in [5.74, 6) is 0.271. The molecule has 1 rings (SSSR count). The molecule has 1 aromatic rings. The highest BCUT2D eigenvalue weighted by Gasteiger charge is 2.06. The molecule has 6 heteroatoms. The van der Waals surface area contributed by atoms with Crippen LogP contribution in [0.4, 0.5) is 5.82 Å². The third-order valence-electron chi connectivity index (χ3n) is 2.11. The fourth-order valence-electron chi connectivity index (χ4n) is 1.04. The number of carbonyl (C=O) groups is 1. The van der Waals surface area contributed by atoms with Crippen molar-refractivity contribution < 1.29 is 9.90 Å². The number of carbonyl (C=O) groups excluding carboxylic acids is 1. The molecular weight excluding hydrogens is 208 g/mol. The highest BCUT2D eigenvalue weighted by atomic mass is 16.3. The Morgan fingerprint density at radius 1 is 1.50 bits per heavy atom. The van der Waals surface area contributed by atoms with Crippen LogP contribution in [0.5, 0.6) is 0 Å². The van der Waals surface area contributed by atoms with Crippen LogP contribution in [0.2, 0.25) is 0 Å². The van der Waals surface area contributed by atoms with Crippen LogP contribution in [0.25, 0.3) is 0 Å². The number of anilines is 1. The Morgan fingerprint density at radius 3 is 2.75 bits per heavy atom. The van der Waals surface area contributed by atoms with E-state index < -0.39 is 6.10 Å². The lowest BCUT2D eigenvalue weighted by atomic mass is 10.3. The SMILES string of the molecule is CCC(O)CNc1ccc(C(=O)NC)nn1. The highest BCUT2D eigenvalue weighted by molar-refractivity contribution is 5.91. The maximum absolute atomic E-state index is 11.2. The van der Waals surface area contributed by atoms with Crippen molar-refractivity contribution in [2.75, 3.05) is 18.9 Å². The molecule has 1 aromatic heterocycles. The fourth-order valence-corrected chi connectivity index (χ4v) is 1.04. The molecule has 0 aliphatic rings. The molecule has 0 saturated carbocycles. The first-order chi connectivity index (χ1) is 7.67. The summed E-state index contributed by atoms with van der Waals surface area (Å²) in [6, 6.07) is 3.23. The second-order valence-corrected chi connectivity index (χ2v) is 3.33. The molecule has 1 amide bonds. The summed E-state index contributed by atoms with van der Waals surface area (Å²) in [5.41, 5.74) is 0.268. The molecule has 0 radical (unpaired) electrons. The topological polar surface area (TPSA) is 87.1 Å². The van der Waals surface area contributed by atoms with Crippen molar-refractivity contribution in [2.45, 2.75) is 19.4 Å². The van der Waals surface area contributed by atoms with E-state index in [-0.39, 0.29) is 11.6 Å². The highest BCUT2D eigenvalue weighted by Crippen LogP contribution is 2.02. The van der Waals surface area contributed by atoms with Gasteiger partial charge >= 0.3 is 0 Å². The van der Waals surface area contributed by atoms with Crippen LogP contribution in [0, 0.1) is 0 Å². The van der Waals surface area contributed by atoms with E-state index in [2.05, 4.69) is 20.8 Å². The van der Waals surface area contributed by atoms with E-state index in [1.165, 1.54) is 7.05 Å². The van der Waals surface area contributed by atoms with Crippen molar-refractivity contribution in [1.29, 1.82) is 0 Å². The Kier molecular flexibility index (Phi) is 4.65. The van der Waals surface area contributed by atoms with Crippen LogP contribution in [0.3, 0.4) is 0 Å². The standard InChI is InChI=1S/C10H16N4O2/c1-3-7(15)6-12-9-5-4-8(13-14-9)10(16)11-2/h4-5,7,15H,3,6H2,1-2H3,(H,11,16)(H,12,14). The van der Waals surface area contributed by atoms with Gasteiger partial charge in [0.2, 0.25) is 0 Å². The largest absolute Gasteiger partial charge is 0.391 e. The normalized spacial score (nSPS) is 11.9. The molecule has 0 aromatic carbocycles. The first-order valence-corrected chi connectivity index (χ1v) is 5.15. The van der Waals surface area contributed by atoms with E-state index in [4.69, 9.17) is 0 Å². The first kappa shape index (κ1) is 12.4. The van der Waals surface area contributed by atoms with Crippen molar-refractivity contribution in [1.82, 2.24) is 15.5 Å². The summed E-state index contributed by atoms with van der Waals surface area (Å²) >= 11 is 0. The van der Waals surface area contributed by atoms with Gasteiger partial charge in [-0.25, -0.2) is 0 Å². The fraction of sp³-hybridized carbons (Fsp3) is 0.500. The van der Waals surface area contributed by atoms with Crippen LogP contribution >= 0.6 is 0 Å². The van der Waals surface area contributed by atoms with Crippen molar-refractivity contribution in [3.8, 4) is 0 Å². The summed E-state index contributed by atoms with van der Waals surface area (Å²) in [6.07, 6.45) is 0.275. The van der Waals surface area contributed by atoms with E-state index in [1.807, 2.05) is 6.92 Å². The van der Waals surface area contributed by atoms with Gasteiger partial charge in [-0.1, -0.05) is 6.92 Å². The molecule has 0 bridgehead atoms. The molecule has 3 N–H and O–H groups in total. The van der Waals surface area contributed by atoms with Crippen LogP contribution in [-0.2, 0) is 0 Å². The molecule has 0 aliphatic heterocycles. The molecule has 0 fully saturated rings. The van der Waals surface area contributed by atoms with Gasteiger partial charge in [0.05, 0.1) is 6.10 Å². The zero-order valence-corrected chi connectivity index (χ0v) is 9.40.